The van der Waals surface area contributed by atoms with Gasteiger partial charge < -0.3 is 25.7 Å². The Labute approximate surface area is 204 Å². The van der Waals surface area contributed by atoms with Crippen LogP contribution in [0.15, 0.2) is 60.9 Å². The molecule has 0 aliphatic carbocycles. The van der Waals surface area contributed by atoms with Gasteiger partial charge in [-0.25, -0.2) is 9.78 Å². The third-order valence-electron chi connectivity index (χ3n) is 5.04. The second-order valence-electron chi connectivity index (χ2n) is 9.09. The zero-order valence-corrected chi connectivity index (χ0v) is 20.3. The highest BCUT2D eigenvalue weighted by Crippen LogP contribution is 2.13. The van der Waals surface area contributed by atoms with Crippen LogP contribution in [0, 0.1) is 0 Å². The number of benzene rings is 2. The Morgan fingerprint density at radius 2 is 1.51 bits per heavy atom. The molecule has 1 atom stereocenters. The molecule has 0 saturated carbocycles. The van der Waals surface area contributed by atoms with Gasteiger partial charge in [0.05, 0.1) is 12.4 Å². The lowest BCUT2D eigenvalue weighted by molar-refractivity contribution is 0.0523. The number of H-pyrrole nitrogens is 1. The molecule has 0 bridgehead atoms. The van der Waals surface area contributed by atoms with Crippen LogP contribution < -0.4 is 16.0 Å². The molecular weight excluding hydrogens is 446 g/mol. The molecule has 4 N–H and O–H groups in total. The number of amides is 3. The minimum atomic E-state index is -0.554. The number of rotatable bonds is 8. The van der Waals surface area contributed by atoms with Crippen molar-refractivity contribution in [2.24, 2.45) is 0 Å². The van der Waals surface area contributed by atoms with E-state index in [4.69, 9.17) is 4.74 Å². The number of hydrogen-bond donors (Lipinski definition) is 4. The highest BCUT2D eigenvalue weighted by molar-refractivity contribution is 6.04. The highest BCUT2D eigenvalue weighted by atomic mass is 16.6. The van der Waals surface area contributed by atoms with Crippen molar-refractivity contribution in [2.45, 2.75) is 52.4 Å². The van der Waals surface area contributed by atoms with Crippen molar-refractivity contribution in [1.82, 2.24) is 25.9 Å². The van der Waals surface area contributed by atoms with Crippen LogP contribution in [-0.4, -0.2) is 33.5 Å². The van der Waals surface area contributed by atoms with Crippen molar-refractivity contribution in [2.75, 3.05) is 0 Å². The maximum Gasteiger partial charge on any atom is 0.407 e. The van der Waals surface area contributed by atoms with Gasteiger partial charge in [0.1, 0.15) is 11.3 Å². The molecule has 3 rings (SSSR count). The Balaban J connectivity index is 1.52. The van der Waals surface area contributed by atoms with E-state index < -0.39 is 23.5 Å². The SMILES string of the molecule is C[C@@H](NC(=O)c1nc[nH]c1C(=O)NCc1ccc(CNC(=O)OC(C)(C)C)cc1)c1ccccc1. The fourth-order valence-electron chi connectivity index (χ4n) is 3.26. The maximum absolute atomic E-state index is 12.7. The van der Waals surface area contributed by atoms with E-state index in [1.807, 2.05) is 61.5 Å². The highest BCUT2D eigenvalue weighted by Gasteiger charge is 2.22. The molecule has 9 nitrogen and oxygen atoms in total. The minimum Gasteiger partial charge on any atom is -0.444 e. The number of aromatic nitrogens is 2. The summed E-state index contributed by atoms with van der Waals surface area (Å²) in [6.07, 6.45) is 0.843. The predicted octanol–water partition coefficient (Wildman–Crippen LogP) is 3.86. The topological polar surface area (TPSA) is 125 Å². The Morgan fingerprint density at radius 1 is 0.914 bits per heavy atom. The fourth-order valence-corrected chi connectivity index (χ4v) is 3.26. The number of imidazole rings is 1. The van der Waals surface area contributed by atoms with Crippen LogP contribution in [-0.2, 0) is 17.8 Å². The number of ether oxygens (including phenoxy) is 1. The first-order valence-electron chi connectivity index (χ1n) is 11.3. The van der Waals surface area contributed by atoms with Crippen molar-refractivity contribution in [3.63, 3.8) is 0 Å². The minimum absolute atomic E-state index is 0.0360. The number of nitrogens with one attached hydrogen (secondary N) is 4. The van der Waals surface area contributed by atoms with Gasteiger partial charge in [-0.15, -0.1) is 0 Å². The van der Waals surface area contributed by atoms with Gasteiger partial charge in [-0.05, 0) is 44.4 Å². The number of carbonyl (C=O) groups is 3. The molecule has 184 valence electrons. The van der Waals surface area contributed by atoms with Gasteiger partial charge in [0.2, 0.25) is 0 Å². The van der Waals surface area contributed by atoms with Gasteiger partial charge in [-0.1, -0.05) is 54.6 Å². The molecule has 1 heterocycles. The van der Waals surface area contributed by atoms with E-state index in [9.17, 15) is 14.4 Å². The lowest BCUT2D eigenvalue weighted by Crippen LogP contribution is -2.32. The molecule has 2 aromatic carbocycles. The first kappa shape index (κ1) is 25.5. The molecule has 35 heavy (non-hydrogen) atoms. The maximum atomic E-state index is 12.7. The van der Waals surface area contributed by atoms with Crippen molar-refractivity contribution in [3.05, 3.63) is 89.0 Å². The Morgan fingerprint density at radius 3 is 2.11 bits per heavy atom. The summed E-state index contributed by atoms with van der Waals surface area (Å²) in [4.78, 5) is 44.0. The van der Waals surface area contributed by atoms with Crippen molar-refractivity contribution >= 4 is 17.9 Å². The first-order chi connectivity index (χ1) is 16.6. The van der Waals surface area contributed by atoms with Crippen LogP contribution in [0.5, 0.6) is 0 Å². The third kappa shape index (κ3) is 7.70. The van der Waals surface area contributed by atoms with E-state index in [0.717, 1.165) is 16.7 Å². The third-order valence-corrected chi connectivity index (χ3v) is 5.04. The van der Waals surface area contributed by atoms with E-state index in [1.54, 1.807) is 20.8 Å². The molecule has 0 fully saturated rings. The van der Waals surface area contributed by atoms with Crippen LogP contribution in [0.1, 0.15) is 71.4 Å². The Bertz CT molecular complexity index is 1150. The average molecular weight is 478 g/mol. The lowest BCUT2D eigenvalue weighted by atomic mass is 10.1. The Hall–Kier alpha value is -4.14. The van der Waals surface area contributed by atoms with E-state index in [1.165, 1.54) is 6.33 Å². The molecule has 0 unspecified atom stereocenters. The zero-order valence-electron chi connectivity index (χ0n) is 20.3. The van der Waals surface area contributed by atoms with Gasteiger partial charge in [0, 0.05) is 13.1 Å². The molecule has 0 saturated heterocycles. The number of alkyl carbamates (subject to hydrolysis) is 1. The summed E-state index contributed by atoms with van der Waals surface area (Å²) in [5.74, 6) is -0.870. The molecule has 0 aliphatic rings. The summed E-state index contributed by atoms with van der Waals surface area (Å²) in [6, 6.07) is 16.7. The van der Waals surface area contributed by atoms with E-state index in [0.29, 0.717) is 6.54 Å². The van der Waals surface area contributed by atoms with Gasteiger partial charge in [0.15, 0.2) is 5.69 Å². The Kier molecular flexibility index (Phi) is 8.25. The molecule has 0 spiro atoms. The van der Waals surface area contributed by atoms with Gasteiger partial charge >= 0.3 is 6.09 Å². The standard InChI is InChI=1S/C26H31N5O4/c1-17(20-8-6-5-7-9-20)31-24(33)22-21(29-16-30-22)23(32)27-14-18-10-12-19(13-11-18)15-28-25(34)35-26(2,3)4/h5-13,16-17H,14-15H2,1-4H3,(H,27,32)(H,28,34)(H,29,30)(H,31,33)/t17-/m1/s1. The molecule has 9 heteroatoms. The van der Waals surface area contributed by atoms with E-state index in [2.05, 4.69) is 25.9 Å². The number of hydrogen-bond acceptors (Lipinski definition) is 5. The monoisotopic (exact) mass is 477 g/mol. The van der Waals surface area contributed by atoms with Gasteiger partial charge in [0.25, 0.3) is 11.8 Å². The molecule has 3 amide bonds. The van der Waals surface area contributed by atoms with Crippen molar-refractivity contribution in [1.29, 1.82) is 0 Å². The predicted molar refractivity (Wildman–Crippen MR) is 132 cm³/mol. The van der Waals surface area contributed by atoms with Gasteiger partial charge in [-0.2, -0.15) is 0 Å². The summed E-state index contributed by atoms with van der Waals surface area (Å²) >= 11 is 0. The van der Waals surface area contributed by atoms with E-state index in [-0.39, 0.29) is 24.0 Å². The molecule has 1 aromatic heterocycles. The molecule has 3 aromatic rings. The van der Waals surface area contributed by atoms with Crippen LogP contribution in [0.4, 0.5) is 4.79 Å². The summed E-state index contributed by atoms with van der Waals surface area (Å²) in [5.41, 5.74) is 2.29. The largest absolute Gasteiger partial charge is 0.444 e. The summed E-state index contributed by atoms with van der Waals surface area (Å²) in [6.45, 7) is 7.87. The summed E-state index contributed by atoms with van der Waals surface area (Å²) < 4.78 is 5.22. The second-order valence-corrected chi connectivity index (χ2v) is 9.09. The fraction of sp³-hybridized carbons (Fsp3) is 0.308. The molecular formula is C26H31N5O4. The molecule has 0 aliphatic heterocycles. The smallest absolute Gasteiger partial charge is 0.407 e. The lowest BCUT2D eigenvalue weighted by Gasteiger charge is -2.19. The van der Waals surface area contributed by atoms with Crippen LogP contribution in [0.3, 0.4) is 0 Å². The first-order valence-corrected chi connectivity index (χ1v) is 11.3. The number of aromatic amines is 1. The van der Waals surface area contributed by atoms with Crippen molar-refractivity contribution in [3.8, 4) is 0 Å². The van der Waals surface area contributed by atoms with Gasteiger partial charge in [-0.3, -0.25) is 9.59 Å². The summed E-state index contributed by atoms with van der Waals surface area (Å²) in [7, 11) is 0. The van der Waals surface area contributed by atoms with Crippen LogP contribution in [0.2, 0.25) is 0 Å². The van der Waals surface area contributed by atoms with Crippen LogP contribution in [0.25, 0.3) is 0 Å². The number of nitrogens with zero attached hydrogens (tertiary/aromatic N) is 1. The van der Waals surface area contributed by atoms with E-state index >= 15 is 0 Å². The average Bonchev–Trinajstić information content (AvgIpc) is 3.32. The summed E-state index contributed by atoms with van der Waals surface area (Å²) in [5, 5.41) is 8.37. The number of carbonyl (C=O) groups excluding carboxylic acids is 3. The zero-order chi connectivity index (χ0) is 25.4. The normalized spacial score (nSPS) is 11.9. The van der Waals surface area contributed by atoms with Crippen molar-refractivity contribution < 1.29 is 19.1 Å². The molecule has 0 radical (unpaired) electrons. The second kappa shape index (κ2) is 11.3. The van der Waals surface area contributed by atoms with Crippen LogP contribution >= 0.6 is 0 Å². The quantitative estimate of drug-likeness (QED) is 0.392.